The van der Waals surface area contributed by atoms with Crippen LogP contribution in [-0.4, -0.2) is 11.6 Å². The van der Waals surface area contributed by atoms with Crippen molar-refractivity contribution in [1.82, 2.24) is 0 Å². The molecule has 2 fully saturated rings. The third-order valence-corrected chi connectivity index (χ3v) is 2.96. The van der Waals surface area contributed by atoms with E-state index in [0.29, 0.717) is 11.7 Å². The first-order chi connectivity index (χ1) is 10.7. The van der Waals surface area contributed by atoms with Crippen molar-refractivity contribution < 1.29 is 31.1 Å². The summed E-state index contributed by atoms with van der Waals surface area (Å²) in [5.74, 6) is 2.31. The number of carbonyl (C=O) groups is 2. The topological polar surface area (TPSA) is 47.3 Å². The van der Waals surface area contributed by atoms with Gasteiger partial charge in [0.2, 0.25) is 0 Å². The van der Waals surface area contributed by atoms with E-state index in [2.05, 4.69) is 0 Å². The second kappa shape index (κ2) is 10.6. The monoisotopic (exact) mass is 348 g/mol. The molecule has 0 N–H and O–H groups in total. The Balaban J connectivity index is 0.000000253. The van der Waals surface area contributed by atoms with Gasteiger partial charge in [-0.1, -0.05) is 0 Å². The van der Waals surface area contributed by atoms with Crippen LogP contribution in [0.2, 0.25) is 0 Å². The molecule has 2 saturated carbocycles. The van der Waals surface area contributed by atoms with Crippen LogP contribution in [0.4, 0.5) is 0 Å². The van der Waals surface area contributed by atoms with Gasteiger partial charge in [0.25, 0.3) is 0 Å². The molecule has 0 amide bonds. The molecule has 1 aromatic rings. The standard InChI is InChI=1S/C12H9O2.C7H7O.Fe/c13-12(10-4-1-2-5-10)8-7-11-6-3-9-14-11;1-6(8)7-4-2-3-5-7;/h1-9H;2-5H,1H3;/q;;+2/b8-7+;;. The summed E-state index contributed by atoms with van der Waals surface area (Å²) in [7, 11) is 0. The summed E-state index contributed by atoms with van der Waals surface area (Å²) in [4.78, 5) is 22.0. The van der Waals surface area contributed by atoms with E-state index in [1.54, 1.807) is 44.2 Å². The van der Waals surface area contributed by atoms with Gasteiger partial charge in [-0.05, 0) is 82.6 Å². The minimum atomic E-state index is -0.00796. The summed E-state index contributed by atoms with van der Waals surface area (Å²) < 4.78 is 5.06. The normalized spacial score (nSPS) is 18.5. The quantitative estimate of drug-likeness (QED) is 0.620. The molecule has 1 aromatic heterocycles. The molecule has 4 heteroatoms. The van der Waals surface area contributed by atoms with Gasteiger partial charge in [0, 0.05) is 5.92 Å². The van der Waals surface area contributed by atoms with Crippen LogP contribution in [0.25, 0.3) is 6.08 Å². The number of hydrogen-bond acceptors (Lipinski definition) is 3. The zero-order valence-electron chi connectivity index (χ0n) is 12.6. The number of rotatable bonds is 4. The largest absolute Gasteiger partial charge is 2.00 e. The summed E-state index contributed by atoms with van der Waals surface area (Å²) in [6.07, 6.45) is 19.3. The third-order valence-electron chi connectivity index (χ3n) is 2.96. The Labute approximate surface area is 149 Å². The Morgan fingerprint density at radius 3 is 1.96 bits per heavy atom. The van der Waals surface area contributed by atoms with Gasteiger partial charge in [0.15, 0.2) is 5.78 Å². The molecule has 0 unspecified atom stereocenters. The molecule has 0 saturated heterocycles. The van der Waals surface area contributed by atoms with Crippen LogP contribution < -0.4 is 0 Å². The van der Waals surface area contributed by atoms with Crippen molar-refractivity contribution in [3.63, 3.8) is 0 Å². The predicted molar refractivity (Wildman–Crippen MR) is 84.3 cm³/mol. The van der Waals surface area contributed by atoms with E-state index in [9.17, 15) is 9.59 Å². The number of Topliss-reactive ketones (excluding diaryl/α,β-unsaturated/α-hetero) is 1. The van der Waals surface area contributed by atoms with Crippen LogP contribution in [0.5, 0.6) is 0 Å². The summed E-state index contributed by atoms with van der Waals surface area (Å²) in [5, 5.41) is 0. The minimum absolute atomic E-state index is 0. The first kappa shape index (κ1) is 19.9. The molecule has 2 aliphatic rings. The van der Waals surface area contributed by atoms with Gasteiger partial charge in [-0.25, -0.2) is 0 Å². The van der Waals surface area contributed by atoms with Crippen molar-refractivity contribution in [2.24, 2.45) is 0 Å². The van der Waals surface area contributed by atoms with Crippen molar-refractivity contribution in [2.45, 2.75) is 6.92 Å². The molecule has 0 spiro atoms. The van der Waals surface area contributed by atoms with Crippen molar-refractivity contribution in [1.29, 1.82) is 0 Å². The van der Waals surface area contributed by atoms with Crippen molar-refractivity contribution >= 4 is 17.6 Å². The van der Waals surface area contributed by atoms with Crippen LogP contribution in [0.15, 0.2) is 28.9 Å². The molecule has 3 rings (SSSR count). The maximum Gasteiger partial charge on any atom is 2.00 e. The van der Waals surface area contributed by atoms with Crippen molar-refractivity contribution in [3.8, 4) is 0 Å². The molecule has 10 radical (unpaired) electrons. The van der Waals surface area contributed by atoms with E-state index in [4.69, 9.17) is 4.42 Å². The molecular weight excluding hydrogens is 332 g/mol. The van der Waals surface area contributed by atoms with Gasteiger partial charge in [-0.2, -0.15) is 0 Å². The van der Waals surface area contributed by atoms with Crippen LogP contribution in [-0.2, 0) is 26.7 Å². The van der Waals surface area contributed by atoms with Gasteiger partial charge in [-0.15, -0.1) is 0 Å². The molecule has 0 aliphatic heterocycles. The molecular formula is C19H16FeO3+2. The molecule has 23 heavy (non-hydrogen) atoms. The van der Waals surface area contributed by atoms with Crippen LogP contribution in [0.1, 0.15) is 12.7 Å². The van der Waals surface area contributed by atoms with E-state index < -0.39 is 0 Å². The SMILES string of the molecule is CC(=O)[C]1[CH][CH][CH][CH]1.O=C(/C=C/c1ccco1)[C]1[CH][CH][CH][CH]1.[Fe+2]. The Hall–Kier alpha value is -1.12. The Morgan fingerprint density at radius 2 is 1.52 bits per heavy atom. The molecule has 0 atom stereocenters. The smallest absolute Gasteiger partial charge is 0.465 e. The second-order valence-corrected chi connectivity index (χ2v) is 4.62. The van der Waals surface area contributed by atoms with Crippen LogP contribution >= 0.6 is 0 Å². The summed E-state index contributed by atoms with van der Waals surface area (Å²) in [5.41, 5.74) is 0. The van der Waals surface area contributed by atoms with Gasteiger partial charge in [0.1, 0.15) is 11.5 Å². The Morgan fingerprint density at radius 1 is 0.957 bits per heavy atom. The number of hydrogen-bond donors (Lipinski definition) is 0. The Kier molecular flexibility index (Phi) is 9.20. The van der Waals surface area contributed by atoms with Crippen molar-refractivity contribution in [2.75, 3.05) is 0 Å². The fraction of sp³-hybridized carbons (Fsp3) is 0.0526. The van der Waals surface area contributed by atoms with Gasteiger partial charge >= 0.3 is 17.1 Å². The summed E-state index contributed by atoms with van der Waals surface area (Å²) in [6.45, 7) is 1.56. The molecule has 0 aromatic carbocycles. The maximum atomic E-state index is 11.5. The number of furan rings is 1. The first-order valence-electron chi connectivity index (χ1n) is 6.87. The van der Waals surface area contributed by atoms with Crippen LogP contribution in [0, 0.1) is 63.2 Å². The average Bonchev–Trinajstić information content (AvgIpc) is 3.29. The first-order valence-corrected chi connectivity index (χ1v) is 6.87. The van der Waals surface area contributed by atoms with Gasteiger partial charge in [-0.3, -0.25) is 9.59 Å². The fourth-order valence-electron chi connectivity index (χ4n) is 1.79. The minimum Gasteiger partial charge on any atom is -0.465 e. The van der Waals surface area contributed by atoms with E-state index in [0.717, 1.165) is 5.92 Å². The fourth-order valence-corrected chi connectivity index (χ4v) is 1.79. The van der Waals surface area contributed by atoms with E-state index in [-0.39, 0.29) is 28.6 Å². The van der Waals surface area contributed by atoms with E-state index in [1.807, 2.05) is 38.5 Å². The number of ketones is 2. The predicted octanol–water partition coefficient (Wildman–Crippen LogP) is 3.25. The summed E-state index contributed by atoms with van der Waals surface area (Å²) in [6, 6.07) is 3.58. The van der Waals surface area contributed by atoms with Gasteiger partial charge < -0.3 is 4.42 Å². The number of allylic oxidation sites excluding steroid dienone is 1. The zero-order valence-corrected chi connectivity index (χ0v) is 13.7. The van der Waals surface area contributed by atoms with E-state index >= 15 is 0 Å². The van der Waals surface area contributed by atoms with Gasteiger partial charge in [0.05, 0.1) is 12.2 Å². The molecule has 0 bridgehead atoms. The number of carbonyl (C=O) groups excluding carboxylic acids is 2. The second-order valence-electron chi connectivity index (χ2n) is 4.62. The third kappa shape index (κ3) is 6.88. The Bertz CT molecular complexity index is 493. The zero-order chi connectivity index (χ0) is 15.8. The molecule has 2 aliphatic carbocycles. The molecule has 3 nitrogen and oxygen atoms in total. The summed E-state index contributed by atoms with van der Waals surface area (Å²) >= 11 is 0. The van der Waals surface area contributed by atoms with Crippen LogP contribution in [0.3, 0.4) is 0 Å². The molecule has 116 valence electrons. The van der Waals surface area contributed by atoms with Crippen molar-refractivity contribution in [3.05, 3.63) is 93.4 Å². The van der Waals surface area contributed by atoms with E-state index in [1.165, 1.54) is 6.08 Å². The average molecular weight is 348 g/mol. The maximum absolute atomic E-state index is 11.5. The molecule has 1 heterocycles.